The Morgan fingerprint density at radius 2 is 2.06 bits per heavy atom. The first-order valence-electron chi connectivity index (χ1n) is 5.50. The van der Waals surface area contributed by atoms with Gasteiger partial charge in [-0.25, -0.2) is 4.79 Å². The van der Waals surface area contributed by atoms with Gasteiger partial charge in [-0.2, -0.15) is 0 Å². The Bertz CT molecular complexity index is 476. The van der Waals surface area contributed by atoms with Crippen molar-refractivity contribution in [3.05, 3.63) is 31.6 Å². The molecule has 16 heavy (non-hydrogen) atoms. The Morgan fingerprint density at radius 3 is 2.62 bits per heavy atom. The third kappa shape index (κ3) is 2.55. The van der Waals surface area contributed by atoms with E-state index in [4.69, 9.17) is 11.6 Å². The summed E-state index contributed by atoms with van der Waals surface area (Å²) in [4.78, 5) is 26.0. The molecule has 90 valence electrons. The van der Waals surface area contributed by atoms with E-state index in [2.05, 4.69) is 11.9 Å². The van der Waals surface area contributed by atoms with Gasteiger partial charge in [-0.05, 0) is 20.3 Å². The van der Waals surface area contributed by atoms with Crippen LogP contribution >= 0.6 is 11.6 Å². The van der Waals surface area contributed by atoms with Crippen molar-refractivity contribution in [2.75, 3.05) is 0 Å². The molecule has 4 nitrogen and oxygen atoms in total. The van der Waals surface area contributed by atoms with E-state index in [-0.39, 0.29) is 16.8 Å². The van der Waals surface area contributed by atoms with Crippen LogP contribution in [-0.2, 0) is 0 Å². The summed E-state index contributed by atoms with van der Waals surface area (Å²) >= 11 is 5.73. The number of aromatic amines is 1. The van der Waals surface area contributed by atoms with Gasteiger partial charge in [-0.1, -0.05) is 31.4 Å². The van der Waals surface area contributed by atoms with Crippen LogP contribution in [0.5, 0.6) is 0 Å². The number of H-pyrrole nitrogens is 1. The average Bonchev–Trinajstić information content (AvgIpc) is 2.23. The van der Waals surface area contributed by atoms with Gasteiger partial charge in [0, 0.05) is 11.6 Å². The van der Waals surface area contributed by atoms with Crippen molar-refractivity contribution in [2.45, 2.75) is 46.1 Å². The van der Waals surface area contributed by atoms with Crippen molar-refractivity contribution < 1.29 is 0 Å². The van der Waals surface area contributed by atoms with Crippen LogP contribution < -0.4 is 11.2 Å². The summed E-state index contributed by atoms with van der Waals surface area (Å²) < 4.78 is 1.25. The summed E-state index contributed by atoms with van der Waals surface area (Å²) in [5.41, 5.74) is -0.328. The van der Waals surface area contributed by atoms with Crippen molar-refractivity contribution in [3.8, 4) is 0 Å². The van der Waals surface area contributed by atoms with Crippen molar-refractivity contribution in [1.29, 1.82) is 0 Å². The number of aromatic nitrogens is 2. The predicted octanol–water partition coefficient (Wildman–Crippen LogP) is 2.25. The van der Waals surface area contributed by atoms with Gasteiger partial charge in [0.1, 0.15) is 5.15 Å². The zero-order chi connectivity index (χ0) is 12.3. The van der Waals surface area contributed by atoms with Crippen LogP contribution in [-0.4, -0.2) is 9.55 Å². The standard InChI is InChI=1S/C11H17ClN2O2/c1-4-5-6-7(2)14-10(15)8(3)9(12)13-11(14)16/h7H,4-6H2,1-3H3,(H,13,16). The second kappa shape index (κ2) is 5.34. The molecule has 0 bridgehead atoms. The molecule has 0 fully saturated rings. The van der Waals surface area contributed by atoms with Crippen LogP contribution in [0.4, 0.5) is 0 Å². The molecule has 1 aromatic heterocycles. The molecule has 0 saturated carbocycles. The van der Waals surface area contributed by atoms with Crippen LogP contribution in [0.25, 0.3) is 0 Å². The molecule has 0 spiro atoms. The smallest absolute Gasteiger partial charge is 0.297 e. The zero-order valence-electron chi connectivity index (χ0n) is 9.84. The summed E-state index contributed by atoms with van der Waals surface area (Å²) in [5, 5.41) is 0.133. The van der Waals surface area contributed by atoms with E-state index < -0.39 is 5.69 Å². The number of nitrogens with one attached hydrogen (secondary N) is 1. The molecule has 0 aliphatic rings. The Labute approximate surface area is 99.3 Å². The van der Waals surface area contributed by atoms with Gasteiger partial charge in [0.2, 0.25) is 0 Å². The van der Waals surface area contributed by atoms with Gasteiger partial charge in [-0.3, -0.25) is 14.3 Å². The number of hydrogen-bond donors (Lipinski definition) is 1. The lowest BCUT2D eigenvalue weighted by molar-refractivity contribution is 0.452. The van der Waals surface area contributed by atoms with Crippen molar-refractivity contribution in [1.82, 2.24) is 9.55 Å². The predicted molar refractivity (Wildman–Crippen MR) is 65.3 cm³/mol. The molecular formula is C11H17ClN2O2. The third-order valence-electron chi connectivity index (χ3n) is 2.72. The normalized spacial score (nSPS) is 12.8. The SMILES string of the molecule is CCCCC(C)n1c(=O)[nH]c(Cl)c(C)c1=O. The van der Waals surface area contributed by atoms with Crippen LogP contribution in [0.2, 0.25) is 5.15 Å². The molecule has 5 heteroatoms. The van der Waals surface area contributed by atoms with E-state index in [0.717, 1.165) is 19.3 Å². The molecule has 1 rings (SSSR count). The molecule has 1 unspecified atom stereocenters. The second-order valence-corrected chi connectivity index (χ2v) is 4.41. The van der Waals surface area contributed by atoms with E-state index >= 15 is 0 Å². The molecule has 1 atom stereocenters. The molecule has 1 aromatic rings. The van der Waals surface area contributed by atoms with Crippen molar-refractivity contribution >= 4 is 11.6 Å². The molecule has 0 aliphatic heterocycles. The second-order valence-electron chi connectivity index (χ2n) is 4.04. The number of hydrogen-bond acceptors (Lipinski definition) is 2. The first kappa shape index (κ1) is 13.0. The largest absolute Gasteiger partial charge is 0.329 e. The maximum absolute atomic E-state index is 11.9. The molecule has 0 saturated heterocycles. The number of halogens is 1. The van der Waals surface area contributed by atoms with Gasteiger partial charge in [0.05, 0.1) is 0 Å². The lowest BCUT2D eigenvalue weighted by Gasteiger charge is -2.14. The highest BCUT2D eigenvalue weighted by molar-refractivity contribution is 6.30. The topological polar surface area (TPSA) is 54.9 Å². The minimum atomic E-state index is -0.427. The van der Waals surface area contributed by atoms with Crippen molar-refractivity contribution in [3.63, 3.8) is 0 Å². The highest BCUT2D eigenvalue weighted by Gasteiger charge is 2.13. The van der Waals surface area contributed by atoms with E-state index in [1.54, 1.807) is 6.92 Å². The summed E-state index contributed by atoms with van der Waals surface area (Å²) in [6.07, 6.45) is 2.86. The Hall–Kier alpha value is -1.03. The van der Waals surface area contributed by atoms with Gasteiger partial charge in [0.15, 0.2) is 0 Å². The lowest BCUT2D eigenvalue weighted by Crippen LogP contribution is -2.38. The van der Waals surface area contributed by atoms with Gasteiger partial charge in [0.25, 0.3) is 5.56 Å². The van der Waals surface area contributed by atoms with E-state index in [1.807, 2.05) is 6.92 Å². The highest BCUT2D eigenvalue weighted by Crippen LogP contribution is 2.11. The van der Waals surface area contributed by atoms with Gasteiger partial charge < -0.3 is 0 Å². The molecule has 1 heterocycles. The van der Waals surface area contributed by atoms with Crippen LogP contribution in [0.3, 0.4) is 0 Å². The fraction of sp³-hybridized carbons (Fsp3) is 0.636. The molecule has 0 amide bonds. The van der Waals surface area contributed by atoms with E-state index in [0.29, 0.717) is 5.56 Å². The zero-order valence-corrected chi connectivity index (χ0v) is 10.6. The molecule has 0 radical (unpaired) electrons. The van der Waals surface area contributed by atoms with E-state index in [9.17, 15) is 9.59 Å². The number of unbranched alkanes of at least 4 members (excludes halogenated alkanes) is 1. The number of rotatable bonds is 4. The first-order valence-corrected chi connectivity index (χ1v) is 5.87. The minimum absolute atomic E-state index is 0.0906. The summed E-state index contributed by atoms with van der Waals surface area (Å²) in [6, 6.07) is -0.0906. The molecule has 0 aliphatic carbocycles. The maximum atomic E-state index is 11.9. The van der Waals surface area contributed by atoms with Crippen LogP contribution in [0, 0.1) is 6.92 Å². The Morgan fingerprint density at radius 1 is 1.44 bits per heavy atom. The average molecular weight is 245 g/mol. The minimum Gasteiger partial charge on any atom is -0.297 e. The van der Waals surface area contributed by atoms with E-state index in [1.165, 1.54) is 4.57 Å². The maximum Gasteiger partial charge on any atom is 0.329 e. The summed E-state index contributed by atoms with van der Waals surface area (Å²) in [7, 11) is 0. The Kier molecular flexibility index (Phi) is 4.35. The molecule has 0 aromatic carbocycles. The van der Waals surface area contributed by atoms with Crippen LogP contribution in [0.1, 0.15) is 44.7 Å². The first-order chi connectivity index (χ1) is 7.49. The third-order valence-corrected chi connectivity index (χ3v) is 3.10. The highest BCUT2D eigenvalue weighted by atomic mass is 35.5. The van der Waals surface area contributed by atoms with Crippen molar-refractivity contribution in [2.24, 2.45) is 0 Å². The monoisotopic (exact) mass is 244 g/mol. The molecular weight excluding hydrogens is 228 g/mol. The fourth-order valence-corrected chi connectivity index (χ4v) is 1.81. The summed E-state index contributed by atoms with van der Waals surface area (Å²) in [6.45, 7) is 5.57. The number of nitrogens with zero attached hydrogens (tertiary/aromatic N) is 1. The van der Waals surface area contributed by atoms with Gasteiger partial charge >= 0.3 is 5.69 Å². The Balaban J connectivity index is 3.19. The quantitative estimate of drug-likeness (QED) is 0.826. The van der Waals surface area contributed by atoms with Crippen LogP contribution in [0.15, 0.2) is 9.59 Å². The lowest BCUT2D eigenvalue weighted by atomic mass is 10.1. The molecule has 1 N–H and O–H groups in total. The summed E-state index contributed by atoms with van der Waals surface area (Å²) in [5.74, 6) is 0. The fourth-order valence-electron chi connectivity index (χ4n) is 1.64. The van der Waals surface area contributed by atoms with Gasteiger partial charge in [-0.15, -0.1) is 0 Å².